The van der Waals surface area contributed by atoms with Crippen LogP contribution in [0.15, 0.2) is 72.1 Å². The summed E-state index contributed by atoms with van der Waals surface area (Å²) in [7, 11) is 1.60. The van der Waals surface area contributed by atoms with E-state index >= 15 is 0 Å². The molecule has 30 heavy (non-hydrogen) atoms. The molecule has 2 aromatic carbocycles. The number of hydrogen-bond acceptors (Lipinski definition) is 4. The monoisotopic (exact) mass is 420 g/mol. The van der Waals surface area contributed by atoms with Crippen molar-refractivity contribution in [3.05, 3.63) is 88.1 Å². The Morgan fingerprint density at radius 3 is 2.47 bits per heavy atom. The molecule has 1 fully saturated rings. The van der Waals surface area contributed by atoms with Gasteiger partial charge in [-0.1, -0.05) is 48.5 Å². The van der Waals surface area contributed by atoms with E-state index in [-0.39, 0.29) is 11.3 Å². The van der Waals surface area contributed by atoms with Gasteiger partial charge in [0.1, 0.15) is 5.75 Å². The third kappa shape index (κ3) is 4.58. The fourth-order valence-corrected chi connectivity index (χ4v) is 5.24. The average molecular weight is 421 g/mol. The second-order valence-electron chi connectivity index (χ2n) is 7.90. The topological polar surface area (TPSA) is 41.6 Å². The molecule has 4 rings (SSSR count). The van der Waals surface area contributed by atoms with Crippen LogP contribution in [0.3, 0.4) is 0 Å². The van der Waals surface area contributed by atoms with Crippen LogP contribution in [0.2, 0.25) is 0 Å². The molecule has 0 unspecified atom stereocenters. The number of rotatable bonds is 7. The molecule has 4 nitrogen and oxygen atoms in total. The third-order valence-corrected chi connectivity index (χ3v) is 7.16. The number of ether oxygens (including phenoxy) is 1. The summed E-state index contributed by atoms with van der Waals surface area (Å²) in [5, 5.41) is 5.34. The number of thiophene rings is 1. The number of likely N-dealkylation sites (tertiary alicyclic amines) is 1. The first-order valence-electron chi connectivity index (χ1n) is 10.4. The van der Waals surface area contributed by atoms with E-state index in [1.165, 1.54) is 10.4 Å². The minimum Gasteiger partial charge on any atom is -0.496 e. The van der Waals surface area contributed by atoms with Gasteiger partial charge in [0.05, 0.1) is 12.7 Å². The second-order valence-corrected chi connectivity index (χ2v) is 8.85. The fraction of sp³-hybridized carbons (Fsp3) is 0.320. The van der Waals surface area contributed by atoms with Crippen molar-refractivity contribution in [2.75, 3.05) is 26.7 Å². The summed E-state index contributed by atoms with van der Waals surface area (Å²) in [4.78, 5) is 16.8. The van der Waals surface area contributed by atoms with Crippen LogP contribution in [0.5, 0.6) is 5.75 Å². The lowest BCUT2D eigenvalue weighted by Gasteiger charge is -2.41. The SMILES string of the molecule is COc1ccccc1C(=O)NCC1(c2cccs2)CCN(Cc2ccccc2)CC1. The van der Waals surface area contributed by atoms with E-state index in [1.807, 2.05) is 24.3 Å². The molecule has 0 radical (unpaired) electrons. The quantitative estimate of drug-likeness (QED) is 0.601. The Kier molecular flexibility index (Phi) is 6.50. The molecule has 0 spiro atoms. The molecule has 156 valence electrons. The van der Waals surface area contributed by atoms with E-state index in [2.05, 4.69) is 58.1 Å². The normalized spacial score (nSPS) is 16.2. The lowest BCUT2D eigenvalue weighted by molar-refractivity contribution is 0.0918. The molecule has 0 saturated carbocycles. The standard InChI is InChI=1S/C25H28N2O2S/c1-29-22-11-6-5-10-21(22)24(28)26-19-25(23-12-7-17-30-23)13-15-27(16-14-25)18-20-8-3-2-4-9-20/h2-12,17H,13-16,18-19H2,1H3,(H,26,28). The molecule has 2 heterocycles. The van der Waals surface area contributed by atoms with E-state index in [4.69, 9.17) is 4.74 Å². The second kappa shape index (κ2) is 9.45. The van der Waals surface area contributed by atoms with Crippen molar-refractivity contribution in [2.45, 2.75) is 24.8 Å². The first-order chi connectivity index (χ1) is 14.7. The zero-order valence-electron chi connectivity index (χ0n) is 17.3. The van der Waals surface area contributed by atoms with E-state index in [0.29, 0.717) is 17.9 Å². The number of para-hydroxylation sites is 1. The number of benzene rings is 2. The molecular weight excluding hydrogens is 392 g/mol. The molecule has 1 aliphatic rings. The molecule has 1 N–H and O–H groups in total. The van der Waals surface area contributed by atoms with Gasteiger partial charge in [-0.15, -0.1) is 11.3 Å². The zero-order chi connectivity index (χ0) is 20.8. The number of piperidine rings is 1. The number of nitrogens with one attached hydrogen (secondary N) is 1. The maximum absolute atomic E-state index is 12.9. The summed E-state index contributed by atoms with van der Waals surface area (Å²) in [5.41, 5.74) is 1.92. The number of amides is 1. The van der Waals surface area contributed by atoms with Crippen molar-refractivity contribution < 1.29 is 9.53 Å². The minimum atomic E-state index is -0.0740. The van der Waals surface area contributed by atoms with Crippen molar-refractivity contribution >= 4 is 17.2 Å². The van der Waals surface area contributed by atoms with Crippen LogP contribution in [0, 0.1) is 0 Å². The van der Waals surface area contributed by atoms with Crippen LogP contribution in [-0.2, 0) is 12.0 Å². The maximum atomic E-state index is 12.9. The highest BCUT2D eigenvalue weighted by Crippen LogP contribution is 2.38. The van der Waals surface area contributed by atoms with Crippen molar-refractivity contribution in [3.63, 3.8) is 0 Å². The van der Waals surface area contributed by atoms with Crippen LogP contribution in [-0.4, -0.2) is 37.6 Å². The summed E-state index contributed by atoms with van der Waals surface area (Å²) < 4.78 is 5.36. The number of methoxy groups -OCH3 is 1. The summed E-state index contributed by atoms with van der Waals surface area (Å²) in [6, 6.07) is 22.4. The average Bonchev–Trinajstić information content (AvgIpc) is 3.35. The Labute approximate surface area is 182 Å². The van der Waals surface area contributed by atoms with Gasteiger partial charge in [0, 0.05) is 23.4 Å². The van der Waals surface area contributed by atoms with E-state index in [0.717, 1.165) is 32.5 Å². The fourth-order valence-electron chi connectivity index (χ4n) is 4.25. The van der Waals surface area contributed by atoms with Gasteiger partial charge in [-0.05, 0) is 55.1 Å². The first-order valence-corrected chi connectivity index (χ1v) is 11.3. The lowest BCUT2D eigenvalue weighted by atomic mass is 9.76. The molecule has 3 aromatic rings. The summed E-state index contributed by atoms with van der Waals surface area (Å²) in [5.74, 6) is 0.535. The van der Waals surface area contributed by atoms with Crippen molar-refractivity contribution in [3.8, 4) is 5.75 Å². The smallest absolute Gasteiger partial charge is 0.255 e. The Hall–Kier alpha value is -2.63. The number of hydrogen-bond donors (Lipinski definition) is 1. The van der Waals surface area contributed by atoms with Gasteiger partial charge in [-0.2, -0.15) is 0 Å². The molecule has 1 amide bonds. The van der Waals surface area contributed by atoms with Gasteiger partial charge < -0.3 is 10.1 Å². The maximum Gasteiger partial charge on any atom is 0.255 e. The Morgan fingerprint density at radius 1 is 1.03 bits per heavy atom. The van der Waals surface area contributed by atoms with Gasteiger partial charge in [0.2, 0.25) is 0 Å². The van der Waals surface area contributed by atoms with Gasteiger partial charge in [0.25, 0.3) is 5.91 Å². The van der Waals surface area contributed by atoms with Crippen LogP contribution >= 0.6 is 11.3 Å². The predicted molar refractivity (Wildman–Crippen MR) is 122 cm³/mol. The molecule has 1 aliphatic heterocycles. The van der Waals surface area contributed by atoms with Crippen LogP contribution in [0.4, 0.5) is 0 Å². The first kappa shape index (κ1) is 20.6. The van der Waals surface area contributed by atoms with Gasteiger partial charge in [-0.25, -0.2) is 0 Å². The highest BCUT2D eigenvalue weighted by Gasteiger charge is 2.37. The molecule has 5 heteroatoms. The Balaban J connectivity index is 1.45. The van der Waals surface area contributed by atoms with Gasteiger partial charge >= 0.3 is 0 Å². The summed E-state index contributed by atoms with van der Waals surface area (Å²) in [6.45, 7) is 3.67. The van der Waals surface area contributed by atoms with Gasteiger partial charge in [0.15, 0.2) is 0 Å². The zero-order valence-corrected chi connectivity index (χ0v) is 18.2. The van der Waals surface area contributed by atoms with Crippen LogP contribution < -0.4 is 10.1 Å². The van der Waals surface area contributed by atoms with Crippen LogP contribution in [0.25, 0.3) is 0 Å². The molecule has 1 aromatic heterocycles. The summed E-state index contributed by atoms with van der Waals surface area (Å²) in [6.07, 6.45) is 2.07. The molecule has 1 saturated heterocycles. The third-order valence-electron chi connectivity index (χ3n) is 6.04. The Bertz CT molecular complexity index is 948. The Morgan fingerprint density at radius 2 is 1.77 bits per heavy atom. The highest BCUT2D eigenvalue weighted by atomic mass is 32.1. The van der Waals surface area contributed by atoms with Crippen LogP contribution in [0.1, 0.15) is 33.6 Å². The molecular formula is C25H28N2O2S. The molecule has 0 atom stereocenters. The number of nitrogens with zero attached hydrogens (tertiary/aromatic N) is 1. The van der Waals surface area contributed by atoms with Crippen molar-refractivity contribution in [1.82, 2.24) is 10.2 Å². The van der Waals surface area contributed by atoms with Gasteiger partial charge in [-0.3, -0.25) is 9.69 Å². The lowest BCUT2D eigenvalue weighted by Crippen LogP contribution is -2.48. The van der Waals surface area contributed by atoms with E-state index in [9.17, 15) is 4.79 Å². The predicted octanol–water partition coefficient (Wildman–Crippen LogP) is 4.72. The summed E-state index contributed by atoms with van der Waals surface area (Å²) >= 11 is 1.79. The van der Waals surface area contributed by atoms with Crippen molar-refractivity contribution in [2.24, 2.45) is 0 Å². The number of carbonyl (C=O) groups is 1. The van der Waals surface area contributed by atoms with E-state index < -0.39 is 0 Å². The van der Waals surface area contributed by atoms with E-state index in [1.54, 1.807) is 18.4 Å². The largest absolute Gasteiger partial charge is 0.496 e. The minimum absolute atomic E-state index is 0.0149. The van der Waals surface area contributed by atoms with Crippen molar-refractivity contribution in [1.29, 1.82) is 0 Å². The molecule has 0 bridgehead atoms. The highest BCUT2D eigenvalue weighted by molar-refractivity contribution is 7.10. The number of carbonyl (C=O) groups excluding carboxylic acids is 1. The molecule has 0 aliphatic carbocycles.